The molecule has 4 rings (SSSR count). The first-order valence-electron chi connectivity index (χ1n) is 12.0. The fraction of sp³-hybridized carbons (Fsp3) is 0.560. The molecule has 1 atom stereocenters. The summed E-state index contributed by atoms with van der Waals surface area (Å²) in [6.45, 7) is 11.1. The van der Waals surface area contributed by atoms with Gasteiger partial charge in [0.15, 0.2) is 9.92 Å². The van der Waals surface area contributed by atoms with Gasteiger partial charge in [0.1, 0.15) is 9.81 Å². The molecule has 0 saturated heterocycles. The standard InChI is InChI=1S/C25H34N4O4S2/c1-24(2,3)21-26-14-19(34-21)35(32,29-23(31)33-25(4,5)6)28-22(30)27-20-17-11-7-9-15(17)13-16-10-8-12-18(16)20/h13-14H,7-12H2,1-6H3,(H2,27,28,29,30,31,32). The normalized spacial score (nSPS) is 16.7. The van der Waals surface area contributed by atoms with Crippen molar-refractivity contribution in [3.05, 3.63) is 39.5 Å². The molecule has 0 aliphatic heterocycles. The number of rotatable bonds is 3. The van der Waals surface area contributed by atoms with Crippen molar-refractivity contribution in [2.75, 3.05) is 5.32 Å². The number of ether oxygens (including phenoxy) is 1. The minimum Gasteiger partial charge on any atom is -0.443 e. The van der Waals surface area contributed by atoms with E-state index in [0.29, 0.717) is 0 Å². The highest BCUT2D eigenvalue weighted by atomic mass is 32.2. The predicted molar refractivity (Wildman–Crippen MR) is 139 cm³/mol. The second-order valence-electron chi connectivity index (χ2n) is 11.1. The van der Waals surface area contributed by atoms with Crippen LogP contribution in [0.4, 0.5) is 15.3 Å². The van der Waals surface area contributed by atoms with Crippen LogP contribution in [0.1, 0.15) is 81.6 Å². The van der Waals surface area contributed by atoms with Gasteiger partial charge in [-0.05, 0) is 81.5 Å². The summed E-state index contributed by atoms with van der Waals surface area (Å²) < 4.78 is 25.9. The summed E-state index contributed by atoms with van der Waals surface area (Å²) in [7, 11) is -3.68. The first-order chi connectivity index (χ1) is 16.2. The van der Waals surface area contributed by atoms with Crippen LogP contribution in [0.25, 0.3) is 0 Å². The average Bonchev–Trinajstić information content (AvgIpc) is 3.45. The van der Waals surface area contributed by atoms with E-state index in [4.69, 9.17) is 4.74 Å². The molecule has 2 N–H and O–H groups in total. The number of anilines is 1. The fourth-order valence-corrected chi connectivity index (χ4v) is 7.09. The molecule has 0 bridgehead atoms. The molecule has 0 radical (unpaired) electrons. The number of aryl methyl sites for hydroxylation is 2. The molecule has 3 amide bonds. The Morgan fingerprint density at radius 2 is 1.63 bits per heavy atom. The van der Waals surface area contributed by atoms with Crippen LogP contribution in [0, 0.1) is 0 Å². The van der Waals surface area contributed by atoms with Gasteiger partial charge in [-0.2, -0.15) is 0 Å². The van der Waals surface area contributed by atoms with Crippen LogP contribution in [0.15, 0.2) is 20.8 Å². The van der Waals surface area contributed by atoms with Gasteiger partial charge in [-0.1, -0.05) is 26.8 Å². The zero-order valence-electron chi connectivity index (χ0n) is 21.2. The summed E-state index contributed by atoms with van der Waals surface area (Å²) in [5.41, 5.74) is 4.55. The molecule has 2 aliphatic rings. The van der Waals surface area contributed by atoms with Crippen molar-refractivity contribution < 1.29 is 18.5 Å². The minimum atomic E-state index is -3.68. The molecular weight excluding hydrogens is 484 g/mol. The van der Waals surface area contributed by atoms with E-state index in [1.54, 1.807) is 20.8 Å². The lowest BCUT2D eigenvalue weighted by Gasteiger charge is -2.20. The van der Waals surface area contributed by atoms with E-state index in [0.717, 1.165) is 71.7 Å². The third kappa shape index (κ3) is 5.69. The van der Waals surface area contributed by atoms with Crippen molar-refractivity contribution in [2.24, 2.45) is 4.36 Å². The first kappa shape index (κ1) is 25.6. The molecule has 0 fully saturated rings. The molecule has 1 aromatic carbocycles. The number of hydrogen-bond acceptors (Lipinski definition) is 6. The van der Waals surface area contributed by atoms with Crippen LogP contribution in [0.5, 0.6) is 0 Å². The number of hydrogen-bond donors (Lipinski definition) is 2. The van der Waals surface area contributed by atoms with Crippen LogP contribution in [0.3, 0.4) is 0 Å². The third-order valence-electron chi connectivity index (χ3n) is 5.94. The fourth-order valence-electron chi connectivity index (χ4n) is 4.48. The Bertz CT molecular complexity index is 1260. The number of amides is 3. The molecule has 0 spiro atoms. The van der Waals surface area contributed by atoms with Crippen LogP contribution in [-0.2, 0) is 45.8 Å². The van der Waals surface area contributed by atoms with E-state index >= 15 is 0 Å². The quantitative estimate of drug-likeness (QED) is 0.524. The van der Waals surface area contributed by atoms with Crippen molar-refractivity contribution in [3.63, 3.8) is 0 Å². The maximum atomic E-state index is 14.0. The number of fused-ring (bicyclic) bond motifs is 2. The number of aromatic nitrogens is 1. The molecular formula is C25H34N4O4S2. The molecule has 1 heterocycles. The Balaban J connectivity index is 1.71. The van der Waals surface area contributed by atoms with Crippen LogP contribution < -0.4 is 10.0 Å². The number of benzene rings is 1. The number of thiazole rings is 1. The summed E-state index contributed by atoms with van der Waals surface area (Å²) in [5, 5.41) is 3.66. The van der Waals surface area contributed by atoms with Crippen LogP contribution in [0.2, 0.25) is 0 Å². The second-order valence-corrected chi connectivity index (χ2v) is 14.3. The van der Waals surface area contributed by atoms with E-state index in [2.05, 4.69) is 25.5 Å². The minimum absolute atomic E-state index is 0.201. The van der Waals surface area contributed by atoms with Crippen molar-refractivity contribution in [3.8, 4) is 0 Å². The smallest absolute Gasteiger partial charge is 0.420 e. The highest BCUT2D eigenvalue weighted by Crippen LogP contribution is 2.39. The van der Waals surface area contributed by atoms with Crippen LogP contribution >= 0.6 is 11.3 Å². The number of carbonyl (C=O) groups excluding carboxylic acids is 2. The lowest BCUT2D eigenvalue weighted by molar-refractivity contribution is 0.0572. The molecule has 1 aromatic heterocycles. The van der Waals surface area contributed by atoms with Crippen molar-refractivity contribution >= 4 is 39.1 Å². The number of nitrogens with zero attached hydrogens (tertiary/aromatic N) is 2. The van der Waals surface area contributed by atoms with Gasteiger partial charge in [0.2, 0.25) is 0 Å². The zero-order valence-corrected chi connectivity index (χ0v) is 22.9. The summed E-state index contributed by atoms with van der Waals surface area (Å²) >= 11 is 1.16. The summed E-state index contributed by atoms with van der Waals surface area (Å²) in [6.07, 6.45) is 6.38. The molecule has 0 saturated carbocycles. The SMILES string of the molecule is CC(C)(C)OC(=O)NS(=O)(=NC(=O)Nc1c2c(cc3c1CCC3)CCC2)c1cnc(C(C)(C)C)s1. The Morgan fingerprint density at radius 1 is 1.03 bits per heavy atom. The monoisotopic (exact) mass is 518 g/mol. The molecule has 8 nitrogen and oxygen atoms in total. The van der Waals surface area contributed by atoms with Gasteiger partial charge in [0.05, 0.1) is 11.2 Å². The van der Waals surface area contributed by atoms with E-state index in [-0.39, 0.29) is 9.62 Å². The molecule has 2 aromatic rings. The predicted octanol–water partition coefficient (Wildman–Crippen LogP) is 5.92. The van der Waals surface area contributed by atoms with Crippen LogP contribution in [-0.4, -0.2) is 26.9 Å². The topological polar surface area (TPSA) is 110 Å². The lowest BCUT2D eigenvalue weighted by atomic mass is 9.98. The van der Waals surface area contributed by atoms with Crippen molar-refractivity contribution in [2.45, 2.75) is 95.3 Å². The van der Waals surface area contributed by atoms with E-state index in [1.807, 2.05) is 20.8 Å². The molecule has 10 heteroatoms. The largest absolute Gasteiger partial charge is 0.443 e. The zero-order chi connectivity index (χ0) is 25.6. The summed E-state index contributed by atoms with van der Waals surface area (Å²) in [5.74, 6) is 0. The van der Waals surface area contributed by atoms with Gasteiger partial charge >= 0.3 is 12.1 Å². The summed E-state index contributed by atoms with van der Waals surface area (Å²) in [4.78, 5) is 30.2. The van der Waals surface area contributed by atoms with E-state index in [9.17, 15) is 13.8 Å². The highest BCUT2D eigenvalue weighted by Gasteiger charge is 2.29. The third-order valence-corrected chi connectivity index (χ3v) is 9.60. The van der Waals surface area contributed by atoms with Gasteiger partial charge in [-0.3, -0.25) is 0 Å². The summed E-state index contributed by atoms with van der Waals surface area (Å²) in [6, 6.07) is 1.52. The Labute approximate surface area is 211 Å². The molecule has 2 aliphatic carbocycles. The van der Waals surface area contributed by atoms with Gasteiger partial charge in [-0.15, -0.1) is 15.7 Å². The molecule has 1 unspecified atom stereocenters. The maximum Gasteiger partial charge on any atom is 0.420 e. The van der Waals surface area contributed by atoms with Crippen molar-refractivity contribution in [1.29, 1.82) is 0 Å². The maximum absolute atomic E-state index is 14.0. The Hall–Kier alpha value is -2.46. The van der Waals surface area contributed by atoms with E-state index < -0.39 is 27.6 Å². The first-order valence-corrected chi connectivity index (χ1v) is 14.3. The number of nitrogens with one attached hydrogen (secondary N) is 2. The van der Waals surface area contributed by atoms with Crippen molar-refractivity contribution in [1.82, 2.24) is 9.71 Å². The Morgan fingerprint density at radius 3 is 2.14 bits per heavy atom. The lowest BCUT2D eigenvalue weighted by Crippen LogP contribution is -2.36. The average molecular weight is 519 g/mol. The second kappa shape index (κ2) is 9.20. The number of carbonyl (C=O) groups is 2. The molecule has 190 valence electrons. The van der Waals surface area contributed by atoms with Gasteiger partial charge in [-0.25, -0.2) is 23.5 Å². The number of urea groups is 1. The van der Waals surface area contributed by atoms with Gasteiger partial charge < -0.3 is 10.1 Å². The highest BCUT2D eigenvalue weighted by molar-refractivity contribution is 7.94. The van der Waals surface area contributed by atoms with Gasteiger partial charge in [0.25, 0.3) is 0 Å². The Kier molecular flexibility index (Phi) is 6.74. The molecule has 35 heavy (non-hydrogen) atoms. The van der Waals surface area contributed by atoms with E-state index in [1.165, 1.54) is 17.3 Å². The van der Waals surface area contributed by atoms with Gasteiger partial charge in [0, 0.05) is 11.1 Å².